The molecule has 0 fully saturated rings. The molecule has 3 nitrogen and oxygen atoms in total. The maximum Gasteiger partial charge on any atom is 0.269 e. The van der Waals surface area contributed by atoms with Gasteiger partial charge in [0.25, 0.3) is 5.69 Å². The Bertz CT molecular complexity index is 672. The summed E-state index contributed by atoms with van der Waals surface area (Å²) in [7, 11) is 0. The van der Waals surface area contributed by atoms with Crippen molar-refractivity contribution in [2.45, 2.75) is 4.83 Å². The first-order valence-corrected chi connectivity index (χ1v) is 6.59. The predicted molar refractivity (Wildman–Crippen MR) is 74.3 cm³/mol. The summed E-state index contributed by atoms with van der Waals surface area (Å²) in [4.78, 5) is 10.4. The van der Waals surface area contributed by atoms with Gasteiger partial charge in [-0.05, 0) is 40.5 Å². The van der Waals surface area contributed by atoms with Crippen LogP contribution >= 0.6 is 27.5 Å². The van der Waals surface area contributed by atoms with Crippen LogP contribution in [0.25, 0.3) is 11.1 Å². The van der Waals surface area contributed by atoms with Crippen molar-refractivity contribution in [1.82, 2.24) is 0 Å². The SMILES string of the molecule is O=[N+]([O-])c1ccc2c(c1)[C@H](Br)c1cc(Cl)ccc1-2. The number of nitro benzene ring substituents is 1. The highest BCUT2D eigenvalue weighted by Gasteiger charge is 2.28. The molecule has 5 heteroatoms. The third-order valence-corrected chi connectivity index (χ3v) is 4.32. The second-order valence-corrected chi connectivity index (χ2v) is 5.47. The fourth-order valence-electron chi connectivity index (χ4n) is 2.27. The van der Waals surface area contributed by atoms with Crippen LogP contribution < -0.4 is 0 Å². The number of alkyl halides is 1. The molecule has 2 aromatic carbocycles. The lowest BCUT2D eigenvalue weighted by Crippen LogP contribution is -1.91. The molecule has 0 heterocycles. The number of non-ortho nitro benzene ring substituents is 1. The van der Waals surface area contributed by atoms with Crippen LogP contribution in [0.3, 0.4) is 0 Å². The van der Waals surface area contributed by atoms with Crippen LogP contribution in [0.1, 0.15) is 16.0 Å². The molecule has 90 valence electrons. The van der Waals surface area contributed by atoms with Crippen molar-refractivity contribution in [2.24, 2.45) is 0 Å². The minimum Gasteiger partial charge on any atom is -0.258 e. The molecule has 0 spiro atoms. The van der Waals surface area contributed by atoms with E-state index >= 15 is 0 Å². The number of nitrogens with zero attached hydrogens (tertiary/aromatic N) is 1. The molecule has 1 aliphatic carbocycles. The van der Waals surface area contributed by atoms with Crippen molar-refractivity contribution in [2.75, 3.05) is 0 Å². The fraction of sp³-hybridized carbons (Fsp3) is 0.0769. The summed E-state index contributed by atoms with van der Waals surface area (Å²) in [5, 5.41) is 11.5. The van der Waals surface area contributed by atoms with E-state index in [9.17, 15) is 10.1 Å². The van der Waals surface area contributed by atoms with Gasteiger partial charge in [0.05, 0.1) is 9.75 Å². The molecule has 2 aromatic rings. The van der Waals surface area contributed by atoms with Crippen molar-refractivity contribution in [3.05, 3.63) is 62.7 Å². The van der Waals surface area contributed by atoms with Crippen LogP contribution in [-0.4, -0.2) is 4.92 Å². The molecule has 0 amide bonds. The lowest BCUT2D eigenvalue weighted by molar-refractivity contribution is -0.384. The summed E-state index contributed by atoms with van der Waals surface area (Å²) in [6.45, 7) is 0. The first-order chi connectivity index (χ1) is 8.58. The quantitative estimate of drug-likeness (QED) is 0.433. The van der Waals surface area contributed by atoms with Crippen LogP contribution in [0.5, 0.6) is 0 Å². The van der Waals surface area contributed by atoms with Crippen LogP contribution in [-0.2, 0) is 0 Å². The number of hydrogen-bond acceptors (Lipinski definition) is 2. The molecular formula is C13H7BrClNO2. The van der Waals surface area contributed by atoms with Crippen molar-refractivity contribution in [1.29, 1.82) is 0 Å². The van der Waals surface area contributed by atoms with Gasteiger partial charge in [-0.2, -0.15) is 0 Å². The first-order valence-electron chi connectivity index (χ1n) is 5.30. The van der Waals surface area contributed by atoms with Gasteiger partial charge in [0, 0.05) is 17.2 Å². The van der Waals surface area contributed by atoms with Gasteiger partial charge in [-0.3, -0.25) is 10.1 Å². The van der Waals surface area contributed by atoms with E-state index in [0.717, 1.165) is 22.3 Å². The standard InChI is InChI=1S/C13H7BrClNO2/c14-13-11-5-7(15)1-3-9(11)10-4-2-8(16(17)18)6-12(10)13/h1-6,13H/t13-/m1/s1. The van der Waals surface area contributed by atoms with Gasteiger partial charge >= 0.3 is 0 Å². The fourth-order valence-corrected chi connectivity index (χ4v) is 3.21. The van der Waals surface area contributed by atoms with Crippen molar-refractivity contribution < 1.29 is 4.92 Å². The Labute approximate surface area is 117 Å². The lowest BCUT2D eigenvalue weighted by Gasteiger charge is -2.04. The van der Waals surface area contributed by atoms with Crippen LogP contribution in [0, 0.1) is 10.1 Å². The van der Waals surface area contributed by atoms with Crippen molar-refractivity contribution >= 4 is 33.2 Å². The zero-order valence-corrected chi connectivity index (χ0v) is 11.4. The van der Waals surface area contributed by atoms with E-state index in [1.54, 1.807) is 12.1 Å². The zero-order valence-electron chi connectivity index (χ0n) is 9.06. The molecule has 0 saturated carbocycles. The third-order valence-electron chi connectivity index (χ3n) is 3.10. The third kappa shape index (κ3) is 1.64. The zero-order chi connectivity index (χ0) is 12.9. The Balaban J connectivity index is 2.23. The minimum atomic E-state index is -0.379. The van der Waals surface area contributed by atoms with Crippen molar-refractivity contribution in [3.63, 3.8) is 0 Å². The number of nitro groups is 1. The number of hydrogen-bond donors (Lipinski definition) is 0. The monoisotopic (exact) mass is 323 g/mol. The molecule has 0 radical (unpaired) electrons. The van der Waals surface area contributed by atoms with E-state index < -0.39 is 0 Å². The summed E-state index contributed by atoms with van der Waals surface area (Å²) in [5.41, 5.74) is 4.18. The van der Waals surface area contributed by atoms with Gasteiger partial charge in [-0.25, -0.2) is 0 Å². The lowest BCUT2D eigenvalue weighted by atomic mass is 10.1. The van der Waals surface area contributed by atoms with Gasteiger partial charge in [-0.15, -0.1) is 0 Å². The van der Waals surface area contributed by atoms with Crippen molar-refractivity contribution in [3.8, 4) is 11.1 Å². The highest BCUT2D eigenvalue weighted by Crippen LogP contribution is 2.49. The summed E-state index contributed by atoms with van der Waals surface area (Å²) in [6, 6.07) is 10.6. The van der Waals surface area contributed by atoms with E-state index in [-0.39, 0.29) is 15.4 Å². The molecule has 3 rings (SSSR count). The predicted octanol–water partition coefficient (Wildman–Crippen LogP) is 4.71. The number of fused-ring (bicyclic) bond motifs is 3. The van der Waals surface area contributed by atoms with E-state index in [2.05, 4.69) is 15.9 Å². The highest BCUT2D eigenvalue weighted by atomic mass is 79.9. The summed E-state index contributed by atoms with van der Waals surface area (Å²) < 4.78 is 0. The Morgan fingerprint density at radius 2 is 1.72 bits per heavy atom. The maximum absolute atomic E-state index is 10.8. The van der Waals surface area contributed by atoms with E-state index in [1.165, 1.54) is 6.07 Å². The molecule has 0 aliphatic heterocycles. The topological polar surface area (TPSA) is 43.1 Å². The summed E-state index contributed by atoms with van der Waals surface area (Å²) in [6.07, 6.45) is 0. The highest BCUT2D eigenvalue weighted by molar-refractivity contribution is 9.09. The van der Waals surface area contributed by atoms with Gasteiger partial charge in [0.2, 0.25) is 0 Å². The Hall–Kier alpha value is -1.39. The number of benzene rings is 2. The number of halogens is 2. The van der Waals surface area contributed by atoms with Crippen LogP contribution in [0.2, 0.25) is 5.02 Å². The Morgan fingerprint density at radius 1 is 1.11 bits per heavy atom. The smallest absolute Gasteiger partial charge is 0.258 e. The number of rotatable bonds is 1. The van der Waals surface area contributed by atoms with E-state index in [0.29, 0.717) is 5.02 Å². The molecule has 18 heavy (non-hydrogen) atoms. The first kappa shape index (κ1) is 11.7. The van der Waals surface area contributed by atoms with Crippen LogP contribution in [0.4, 0.5) is 5.69 Å². The second kappa shape index (κ2) is 4.07. The second-order valence-electron chi connectivity index (χ2n) is 4.12. The van der Waals surface area contributed by atoms with Gasteiger partial charge < -0.3 is 0 Å². The summed E-state index contributed by atoms with van der Waals surface area (Å²) in [5.74, 6) is 0. The van der Waals surface area contributed by atoms with Gasteiger partial charge in [0.15, 0.2) is 0 Å². The molecule has 0 unspecified atom stereocenters. The molecule has 0 bridgehead atoms. The largest absolute Gasteiger partial charge is 0.269 e. The minimum absolute atomic E-state index is 0.0406. The molecule has 0 saturated heterocycles. The average Bonchev–Trinajstić information content (AvgIpc) is 2.62. The van der Waals surface area contributed by atoms with E-state index in [1.807, 2.05) is 18.2 Å². The Morgan fingerprint density at radius 3 is 2.39 bits per heavy atom. The Kier molecular flexibility index (Phi) is 2.64. The molecule has 0 N–H and O–H groups in total. The summed E-state index contributed by atoms with van der Waals surface area (Å²) >= 11 is 9.56. The normalized spacial score (nSPS) is 16.2. The average molecular weight is 325 g/mol. The van der Waals surface area contributed by atoms with Crippen LogP contribution in [0.15, 0.2) is 36.4 Å². The van der Waals surface area contributed by atoms with Gasteiger partial charge in [0.1, 0.15) is 0 Å². The maximum atomic E-state index is 10.8. The van der Waals surface area contributed by atoms with Gasteiger partial charge in [-0.1, -0.05) is 33.6 Å². The van der Waals surface area contributed by atoms with E-state index in [4.69, 9.17) is 11.6 Å². The molecule has 1 aliphatic rings. The molecule has 1 atom stereocenters. The molecule has 0 aromatic heterocycles. The molecular weight excluding hydrogens is 318 g/mol.